The minimum atomic E-state index is -0.308. The number of likely N-dealkylation sites (N-methyl/N-ethyl adjacent to an activating group) is 1. The molecule has 3 N–H and O–H groups in total. The van der Waals surface area contributed by atoms with E-state index >= 15 is 0 Å². The van der Waals surface area contributed by atoms with Crippen molar-refractivity contribution in [3.63, 3.8) is 0 Å². The third-order valence-electron chi connectivity index (χ3n) is 4.25. The predicted octanol–water partition coefficient (Wildman–Crippen LogP) is 1.84. The summed E-state index contributed by atoms with van der Waals surface area (Å²) in [5.74, 6) is -0.573. The van der Waals surface area contributed by atoms with E-state index in [0.29, 0.717) is 19.5 Å². The van der Waals surface area contributed by atoms with Crippen LogP contribution in [0.5, 0.6) is 0 Å². The standard InChI is InChI=1S/C17H24FN3O2.ClH/c1-2-21(17(23)13-5-8-15(19)9-13)11-16(22)20-10-12-3-6-14(18)7-4-12;/h3-4,6-7,13,15H,2,5,8-11,19H2,1H3,(H,20,22);1H. The molecule has 1 aliphatic carbocycles. The molecule has 0 bridgehead atoms. The fraction of sp³-hybridized carbons (Fsp3) is 0.529. The number of hydrogen-bond donors (Lipinski definition) is 2. The molecule has 7 heteroatoms. The van der Waals surface area contributed by atoms with Crippen LogP contribution < -0.4 is 11.1 Å². The SMILES string of the molecule is CCN(CC(=O)NCc1ccc(F)cc1)C(=O)C1CCC(N)C1.Cl. The van der Waals surface area contributed by atoms with Crippen LogP contribution in [-0.4, -0.2) is 35.8 Å². The van der Waals surface area contributed by atoms with E-state index in [-0.39, 0.29) is 48.5 Å². The van der Waals surface area contributed by atoms with Gasteiger partial charge in [0.25, 0.3) is 0 Å². The second kappa shape index (κ2) is 9.59. The number of nitrogens with one attached hydrogen (secondary N) is 1. The van der Waals surface area contributed by atoms with Gasteiger partial charge in [-0.3, -0.25) is 9.59 Å². The lowest BCUT2D eigenvalue weighted by Crippen LogP contribution is -2.42. The molecule has 2 atom stereocenters. The number of nitrogens with zero attached hydrogens (tertiary/aromatic N) is 1. The van der Waals surface area contributed by atoms with Crippen LogP contribution in [0.2, 0.25) is 0 Å². The molecule has 0 radical (unpaired) electrons. The molecule has 1 fully saturated rings. The molecule has 5 nitrogen and oxygen atoms in total. The van der Waals surface area contributed by atoms with E-state index < -0.39 is 0 Å². The molecule has 134 valence electrons. The van der Waals surface area contributed by atoms with Gasteiger partial charge in [0.2, 0.25) is 11.8 Å². The summed E-state index contributed by atoms with van der Waals surface area (Å²) in [5.41, 5.74) is 6.67. The zero-order valence-electron chi connectivity index (χ0n) is 13.8. The van der Waals surface area contributed by atoms with E-state index in [2.05, 4.69) is 5.32 Å². The average Bonchev–Trinajstić information content (AvgIpc) is 2.98. The number of amides is 2. The first-order valence-electron chi connectivity index (χ1n) is 8.05. The summed E-state index contributed by atoms with van der Waals surface area (Å²) in [6.07, 6.45) is 2.37. The molecular weight excluding hydrogens is 333 g/mol. The summed E-state index contributed by atoms with van der Waals surface area (Å²) in [6, 6.07) is 6.05. The zero-order valence-corrected chi connectivity index (χ0v) is 14.7. The Bertz CT molecular complexity index is 553. The number of hydrogen-bond acceptors (Lipinski definition) is 3. The van der Waals surface area contributed by atoms with Crippen molar-refractivity contribution in [2.24, 2.45) is 11.7 Å². The van der Waals surface area contributed by atoms with Crippen LogP contribution >= 0.6 is 12.4 Å². The zero-order chi connectivity index (χ0) is 16.8. The summed E-state index contributed by atoms with van der Waals surface area (Å²) in [4.78, 5) is 26.0. The number of carbonyl (C=O) groups is 2. The molecule has 0 heterocycles. The quantitative estimate of drug-likeness (QED) is 0.815. The molecule has 1 aromatic carbocycles. The highest BCUT2D eigenvalue weighted by atomic mass is 35.5. The first-order chi connectivity index (χ1) is 11.0. The summed E-state index contributed by atoms with van der Waals surface area (Å²) >= 11 is 0. The second-order valence-corrected chi connectivity index (χ2v) is 6.03. The molecule has 0 aliphatic heterocycles. The van der Waals surface area contributed by atoms with Crippen molar-refractivity contribution in [2.75, 3.05) is 13.1 Å². The molecule has 2 amide bonds. The molecule has 1 saturated carbocycles. The molecule has 0 aromatic heterocycles. The Kier molecular flexibility index (Phi) is 8.15. The van der Waals surface area contributed by atoms with Crippen molar-refractivity contribution in [1.82, 2.24) is 10.2 Å². The Hall–Kier alpha value is -1.66. The van der Waals surface area contributed by atoms with Gasteiger partial charge in [-0.1, -0.05) is 12.1 Å². The van der Waals surface area contributed by atoms with Crippen molar-refractivity contribution in [1.29, 1.82) is 0 Å². The van der Waals surface area contributed by atoms with Gasteiger partial charge >= 0.3 is 0 Å². The van der Waals surface area contributed by atoms with E-state index in [1.807, 2.05) is 6.92 Å². The van der Waals surface area contributed by atoms with Crippen molar-refractivity contribution >= 4 is 24.2 Å². The number of benzene rings is 1. The van der Waals surface area contributed by atoms with Gasteiger partial charge in [0.05, 0.1) is 6.54 Å². The minimum Gasteiger partial charge on any atom is -0.350 e. The Morgan fingerprint density at radius 3 is 2.50 bits per heavy atom. The fourth-order valence-corrected chi connectivity index (χ4v) is 2.88. The van der Waals surface area contributed by atoms with Crippen LogP contribution in [0.3, 0.4) is 0 Å². The maximum atomic E-state index is 12.8. The average molecular weight is 358 g/mol. The monoisotopic (exact) mass is 357 g/mol. The lowest BCUT2D eigenvalue weighted by atomic mass is 10.1. The van der Waals surface area contributed by atoms with E-state index in [9.17, 15) is 14.0 Å². The van der Waals surface area contributed by atoms with Gasteiger partial charge in [0.1, 0.15) is 5.82 Å². The smallest absolute Gasteiger partial charge is 0.239 e. The second-order valence-electron chi connectivity index (χ2n) is 6.03. The molecule has 2 unspecified atom stereocenters. The number of carbonyl (C=O) groups excluding carboxylic acids is 2. The maximum Gasteiger partial charge on any atom is 0.239 e. The summed E-state index contributed by atoms with van der Waals surface area (Å²) in [6.45, 7) is 2.72. The Labute approximate surface area is 148 Å². The predicted molar refractivity (Wildman–Crippen MR) is 93.1 cm³/mol. The van der Waals surface area contributed by atoms with Crippen LogP contribution in [0.1, 0.15) is 31.7 Å². The number of rotatable bonds is 6. The third kappa shape index (κ3) is 5.76. The molecule has 2 rings (SSSR count). The van der Waals surface area contributed by atoms with E-state index in [1.165, 1.54) is 12.1 Å². The van der Waals surface area contributed by atoms with Crippen LogP contribution in [0, 0.1) is 11.7 Å². The van der Waals surface area contributed by atoms with Crippen LogP contribution in [0.15, 0.2) is 24.3 Å². The maximum absolute atomic E-state index is 12.8. The van der Waals surface area contributed by atoms with E-state index in [0.717, 1.165) is 18.4 Å². The van der Waals surface area contributed by atoms with E-state index in [4.69, 9.17) is 5.73 Å². The molecule has 0 spiro atoms. The molecule has 1 aliphatic rings. The van der Waals surface area contributed by atoms with Gasteiger partial charge in [-0.25, -0.2) is 4.39 Å². The summed E-state index contributed by atoms with van der Waals surface area (Å²) in [7, 11) is 0. The topological polar surface area (TPSA) is 75.4 Å². The minimum absolute atomic E-state index is 0. The van der Waals surface area contributed by atoms with Crippen LogP contribution in [-0.2, 0) is 16.1 Å². The van der Waals surface area contributed by atoms with Gasteiger partial charge in [0.15, 0.2) is 0 Å². The van der Waals surface area contributed by atoms with Gasteiger partial charge < -0.3 is 16.0 Å². The largest absolute Gasteiger partial charge is 0.350 e. The number of halogens is 2. The summed E-state index contributed by atoms with van der Waals surface area (Å²) in [5, 5.41) is 2.76. The van der Waals surface area contributed by atoms with Crippen molar-refractivity contribution < 1.29 is 14.0 Å². The molecule has 24 heavy (non-hydrogen) atoms. The highest BCUT2D eigenvalue weighted by Crippen LogP contribution is 2.25. The first-order valence-corrected chi connectivity index (χ1v) is 8.05. The van der Waals surface area contributed by atoms with Gasteiger partial charge in [0, 0.05) is 25.0 Å². The van der Waals surface area contributed by atoms with Crippen molar-refractivity contribution in [2.45, 2.75) is 38.8 Å². The normalized spacial score (nSPS) is 19.5. The molecule has 0 saturated heterocycles. The highest BCUT2D eigenvalue weighted by molar-refractivity contribution is 5.86. The van der Waals surface area contributed by atoms with Crippen LogP contribution in [0.4, 0.5) is 4.39 Å². The number of nitrogens with two attached hydrogens (primary N) is 1. The summed E-state index contributed by atoms with van der Waals surface area (Å²) < 4.78 is 12.8. The van der Waals surface area contributed by atoms with Gasteiger partial charge in [-0.15, -0.1) is 12.4 Å². The van der Waals surface area contributed by atoms with Crippen LogP contribution in [0.25, 0.3) is 0 Å². The Morgan fingerprint density at radius 1 is 1.29 bits per heavy atom. The Morgan fingerprint density at radius 2 is 1.96 bits per heavy atom. The van der Waals surface area contributed by atoms with E-state index in [1.54, 1.807) is 17.0 Å². The lowest BCUT2D eigenvalue weighted by molar-refractivity contribution is -0.139. The lowest BCUT2D eigenvalue weighted by Gasteiger charge is -2.23. The fourth-order valence-electron chi connectivity index (χ4n) is 2.88. The third-order valence-corrected chi connectivity index (χ3v) is 4.25. The highest BCUT2D eigenvalue weighted by Gasteiger charge is 2.31. The molecular formula is C17H25ClFN3O2. The van der Waals surface area contributed by atoms with Crippen molar-refractivity contribution in [3.05, 3.63) is 35.6 Å². The van der Waals surface area contributed by atoms with Gasteiger partial charge in [-0.05, 0) is 43.9 Å². The van der Waals surface area contributed by atoms with Gasteiger partial charge in [-0.2, -0.15) is 0 Å². The first kappa shape index (κ1) is 20.4. The van der Waals surface area contributed by atoms with Crippen molar-refractivity contribution in [3.8, 4) is 0 Å². The Balaban J connectivity index is 0.00000288. The molecule has 1 aromatic rings.